The zero-order valence-electron chi connectivity index (χ0n) is 12.7. The molecule has 0 aromatic heterocycles. The van der Waals surface area contributed by atoms with E-state index < -0.39 is 35.5 Å². The van der Waals surface area contributed by atoms with E-state index in [1.165, 1.54) is 0 Å². The predicted molar refractivity (Wildman–Crippen MR) is 81.2 cm³/mol. The summed E-state index contributed by atoms with van der Waals surface area (Å²) in [5, 5.41) is 12.3. The van der Waals surface area contributed by atoms with Crippen molar-refractivity contribution in [3.05, 3.63) is 38.9 Å². The quantitative estimate of drug-likeness (QED) is 0.642. The fourth-order valence-electron chi connectivity index (χ4n) is 2.53. The predicted octanol–water partition coefficient (Wildman–Crippen LogP) is 2.53. The topological polar surface area (TPSA) is 92.6 Å². The average molecular weight is 380 g/mol. The van der Waals surface area contributed by atoms with Crippen molar-refractivity contribution < 1.29 is 27.7 Å². The first-order chi connectivity index (χ1) is 11.6. The number of non-ortho nitro benzene ring substituents is 1. The van der Waals surface area contributed by atoms with Crippen LogP contribution in [0.4, 0.5) is 18.9 Å². The fourth-order valence-corrected chi connectivity index (χ4v) is 2.79. The summed E-state index contributed by atoms with van der Waals surface area (Å²) in [5.74, 6) is -1.56. The van der Waals surface area contributed by atoms with Gasteiger partial charge in [0.15, 0.2) is 0 Å². The molecule has 1 unspecified atom stereocenters. The largest absolute Gasteiger partial charge is 0.405 e. The minimum absolute atomic E-state index is 0.0530. The summed E-state index contributed by atoms with van der Waals surface area (Å²) in [4.78, 5) is 35.6. The maximum atomic E-state index is 12.5. The van der Waals surface area contributed by atoms with Crippen LogP contribution in [-0.2, 0) is 4.79 Å². The van der Waals surface area contributed by atoms with Gasteiger partial charge in [0.05, 0.1) is 15.5 Å². The Kier molecular flexibility index (Phi) is 5.51. The molecule has 0 saturated carbocycles. The third kappa shape index (κ3) is 4.59. The number of amides is 2. The lowest BCUT2D eigenvalue weighted by Gasteiger charge is -2.24. The van der Waals surface area contributed by atoms with Gasteiger partial charge in [-0.15, -0.1) is 0 Å². The first-order valence-electron chi connectivity index (χ1n) is 7.19. The summed E-state index contributed by atoms with van der Waals surface area (Å²) >= 11 is 5.89. The van der Waals surface area contributed by atoms with E-state index in [4.69, 9.17) is 11.6 Å². The average Bonchev–Trinajstić information content (AvgIpc) is 3.00. The van der Waals surface area contributed by atoms with Crippen LogP contribution in [0, 0.1) is 10.1 Å². The van der Waals surface area contributed by atoms with Crippen molar-refractivity contribution in [2.75, 3.05) is 13.1 Å². The van der Waals surface area contributed by atoms with Crippen LogP contribution >= 0.6 is 11.6 Å². The number of likely N-dealkylation sites (tertiary alicyclic amines) is 1. The number of alkyl halides is 3. The van der Waals surface area contributed by atoms with Crippen LogP contribution in [0.2, 0.25) is 5.02 Å². The van der Waals surface area contributed by atoms with E-state index in [2.05, 4.69) is 0 Å². The van der Waals surface area contributed by atoms with E-state index in [0.29, 0.717) is 6.42 Å². The summed E-state index contributed by atoms with van der Waals surface area (Å²) < 4.78 is 36.6. The summed E-state index contributed by atoms with van der Waals surface area (Å²) in [6.45, 7) is -1.31. The molecular weight excluding hydrogens is 367 g/mol. The molecule has 1 fully saturated rings. The molecular formula is C14H13ClF3N3O4. The number of nitro groups is 1. The molecule has 0 aliphatic carbocycles. The molecule has 1 aromatic carbocycles. The number of halogens is 4. The van der Waals surface area contributed by atoms with Crippen molar-refractivity contribution in [3.63, 3.8) is 0 Å². The molecule has 1 atom stereocenters. The highest BCUT2D eigenvalue weighted by Crippen LogP contribution is 2.27. The molecule has 1 N–H and O–H groups in total. The number of nitrogens with one attached hydrogen (secondary N) is 1. The Hall–Kier alpha value is -2.36. The smallest absolute Gasteiger partial charge is 0.345 e. The van der Waals surface area contributed by atoms with Gasteiger partial charge in [-0.25, -0.2) is 0 Å². The normalized spacial score (nSPS) is 17.4. The number of carbonyl (C=O) groups excluding carboxylic acids is 2. The van der Waals surface area contributed by atoms with Gasteiger partial charge < -0.3 is 10.2 Å². The van der Waals surface area contributed by atoms with E-state index in [0.717, 1.165) is 23.1 Å². The Morgan fingerprint density at radius 3 is 2.64 bits per heavy atom. The van der Waals surface area contributed by atoms with E-state index >= 15 is 0 Å². The monoisotopic (exact) mass is 379 g/mol. The Bertz CT molecular complexity index is 711. The number of benzene rings is 1. The highest BCUT2D eigenvalue weighted by atomic mass is 35.5. The Morgan fingerprint density at radius 2 is 2.08 bits per heavy atom. The lowest BCUT2D eigenvalue weighted by Crippen LogP contribution is -2.48. The molecule has 2 rings (SSSR count). The third-order valence-electron chi connectivity index (χ3n) is 3.67. The van der Waals surface area contributed by atoms with Gasteiger partial charge in [-0.1, -0.05) is 11.6 Å². The molecule has 25 heavy (non-hydrogen) atoms. The molecule has 11 heteroatoms. The van der Waals surface area contributed by atoms with Gasteiger partial charge in [0.25, 0.3) is 11.6 Å². The van der Waals surface area contributed by atoms with Crippen molar-refractivity contribution in [1.82, 2.24) is 10.2 Å². The van der Waals surface area contributed by atoms with Crippen molar-refractivity contribution >= 4 is 29.1 Å². The lowest BCUT2D eigenvalue weighted by molar-refractivity contribution is -0.384. The molecule has 1 aliphatic rings. The zero-order chi connectivity index (χ0) is 18.8. The third-order valence-corrected chi connectivity index (χ3v) is 3.99. The minimum atomic E-state index is -4.55. The van der Waals surface area contributed by atoms with E-state index in [1.807, 2.05) is 0 Å². The molecule has 1 aromatic rings. The molecule has 2 amide bonds. The standard InChI is InChI=1S/C14H13ClF3N3O4/c15-10-6-8(21(24)25)3-4-9(10)13(23)20-5-1-2-11(20)12(22)19-7-14(16,17)18/h3-4,6,11H,1-2,5,7H2,(H,19,22). The van der Waals surface area contributed by atoms with Gasteiger partial charge in [0.2, 0.25) is 5.91 Å². The Morgan fingerprint density at radius 1 is 1.40 bits per heavy atom. The molecule has 136 valence electrons. The Balaban J connectivity index is 2.15. The number of nitrogens with zero attached hydrogens (tertiary/aromatic N) is 2. The number of hydrogen-bond donors (Lipinski definition) is 1. The van der Waals surface area contributed by atoms with Gasteiger partial charge >= 0.3 is 6.18 Å². The molecule has 1 aliphatic heterocycles. The van der Waals surface area contributed by atoms with Crippen LogP contribution < -0.4 is 5.32 Å². The minimum Gasteiger partial charge on any atom is -0.345 e. The second-order valence-corrected chi connectivity index (χ2v) is 5.82. The molecule has 1 heterocycles. The first kappa shape index (κ1) is 19.0. The SMILES string of the molecule is O=C(NCC(F)(F)F)C1CCCN1C(=O)c1ccc([N+](=O)[O-])cc1Cl. The fraction of sp³-hybridized carbons (Fsp3) is 0.429. The van der Waals surface area contributed by atoms with Crippen molar-refractivity contribution in [2.24, 2.45) is 0 Å². The number of hydrogen-bond acceptors (Lipinski definition) is 4. The molecule has 7 nitrogen and oxygen atoms in total. The summed E-state index contributed by atoms with van der Waals surface area (Å²) in [5.41, 5.74) is -0.356. The number of nitro benzene ring substituents is 1. The van der Waals surface area contributed by atoms with Gasteiger partial charge in [0.1, 0.15) is 12.6 Å². The maximum Gasteiger partial charge on any atom is 0.405 e. The second kappa shape index (κ2) is 7.26. The van der Waals surface area contributed by atoms with Crippen molar-refractivity contribution in [2.45, 2.75) is 25.1 Å². The summed E-state index contributed by atoms with van der Waals surface area (Å²) in [7, 11) is 0. The number of carbonyl (C=O) groups is 2. The molecule has 0 bridgehead atoms. The van der Waals surface area contributed by atoms with Gasteiger partial charge in [-0.2, -0.15) is 13.2 Å². The van der Waals surface area contributed by atoms with Crippen molar-refractivity contribution in [1.29, 1.82) is 0 Å². The highest BCUT2D eigenvalue weighted by molar-refractivity contribution is 6.34. The molecule has 0 spiro atoms. The van der Waals surface area contributed by atoms with Gasteiger partial charge in [-0.05, 0) is 18.9 Å². The second-order valence-electron chi connectivity index (χ2n) is 5.41. The van der Waals surface area contributed by atoms with Crippen molar-refractivity contribution in [3.8, 4) is 0 Å². The first-order valence-corrected chi connectivity index (χ1v) is 7.57. The van der Waals surface area contributed by atoms with Crippen LogP contribution in [0.15, 0.2) is 18.2 Å². The van der Waals surface area contributed by atoms with Gasteiger partial charge in [-0.3, -0.25) is 19.7 Å². The van der Waals surface area contributed by atoms with E-state index in [-0.39, 0.29) is 29.2 Å². The van der Waals surface area contributed by atoms with Crippen LogP contribution in [0.1, 0.15) is 23.2 Å². The summed E-state index contributed by atoms with van der Waals surface area (Å²) in [6, 6.07) is 2.21. The van der Waals surface area contributed by atoms with Crippen LogP contribution in [0.25, 0.3) is 0 Å². The van der Waals surface area contributed by atoms with Gasteiger partial charge in [0, 0.05) is 18.7 Å². The number of rotatable bonds is 4. The zero-order valence-corrected chi connectivity index (χ0v) is 13.4. The Labute approximate surface area is 144 Å². The van der Waals surface area contributed by atoms with Crippen LogP contribution in [0.5, 0.6) is 0 Å². The van der Waals surface area contributed by atoms with E-state index in [9.17, 15) is 32.9 Å². The molecule has 0 radical (unpaired) electrons. The highest BCUT2D eigenvalue weighted by Gasteiger charge is 2.37. The van der Waals surface area contributed by atoms with E-state index in [1.54, 1.807) is 5.32 Å². The summed E-state index contributed by atoms with van der Waals surface area (Å²) in [6.07, 6.45) is -3.88. The van der Waals surface area contributed by atoms with Crippen LogP contribution in [-0.4, -0.2) is 46.9 Å². The molecule has 1 saturated heterocycles. The van der Waals surface area contributed by atoms with Crippen LogP contribution in [0.3, 0.4) is 0 Å². The maximum absolute atomic E-state index is 12.5. The lowest BCUT2D eigenvalue weighted by atomic mass is 10.1.